The minimum Gasteiger partial charge on any atom is -0.259 e. The summed E-state index contributed by atoms with van der Waals surface area (Å²) in [5.74, 6) is 0. The zero-order valence-corrected chi connectivity index (χ0v) is 10.5. The summed E-state index contributed by atoms with van der Waals surface area (Å²) in [4.78, 5) is 9.95. The highest BCUT2D eigenvalue weighted by Gasteiger charge is 2.04. The molecule has 0 N–H and O–H groups in total. The lowest BCUT2D eigenvalue weighted by Gasteiger charge is -2.06. The minimum absolute atomic E-state index is 0.0173. The van der Waals surface area contributed by atoms with Crippen LogP contribution in [0.2, 0.25) is 0 Å². The van der Waals surface area contributed by atoms with Crippen LogP contribution in [0.4, 0.5) is 0 Å². The fourth-order valence-corrected chi connectivity index (χ4v) is 1.84. The lowest BCUT2D eigenvalue weighted by atomic mass is 9.99. The zero-order chi connectivity index (χ0) is 13.0. The van der Waals surface area contributed by atoms with E-state index in [0.29, 0.717) is 0 Å². The van der Waals surface area contributed by atoms with Crippen molar-refractivity contribution in [2.24, 2.45) is 0 Å². The van der Waals surface area contributed by atoms with E-state index in [2.05, 4.69) is 25.6 Å². The molecule has 3 nitrogen and oxygen atoms in total. The first-order chi connectivity index (χ1) is 7.91. The van der Waals surface area contributed by atoms with Gasteiger partial charge in [-0.1, -0.05) is 29.8 Å². The average molecular weight is 231 g/mol. The molecule has 0 saturated carbocycles. The summed E-state index contributed by atoms with van der Waals surface area (Å²) in [7, 11) is 0. The summed E-state index contributed by atoms with van der Waals surface area (Å²) >= 11 is 0. The smallest absolute Gasteiger partial charge is 0.242 e. The molecular weight excluding hydrogens is 214 g/mol. The molecule has 17 heavy (non-hydrogen) atoms. The largest absolute Gasteiger partial charge is 0.259 e. The van der Waals surface area contributed by atoms with Crippen LogP contribution in [-0.4, -0.2) is 4.92 Å². The summed E-state index contributed by atoms with van der Waals surface area (Å²) in [5.41, 5.74) is 4.75. The molecule has 0 spiro atoms. The number of hydrogen-bond donors (Lipinski definition) is 0. The Morgan fingerprint density at radius 2 is 1.88 bits per heavy atom. The third-order valence-corrected chi connectivity index (χ3v) is 2.63. The quantitative estimate of drug-likeness (QED) is 0.584. The second-order valence-electron chi connectivity index (χ2n) is 4.24. The first-order valence-corrected chi connectivity index (χ1v) is 5.48. The predicted molar refractivity (Wildman–Crippen MR) is 70.4 cm³/mol. The molecule has 0 saturated heterocycles. The Morgan fingerprint density at radius 3 is 2.35 bits per heavy atom. The van der Waals surface area contributed by atoms with Crippen molar-refractivity contribution in [3.05, 3.63) is 62.9 Å². The van der Waals surface area contributed by atoms with E-state index >= 15 is 0 Å². The van der Waals surface area contributed by atoms with Crippen LogP contribution < -0.4 is 0 Å². The van der Waals surface area contributed by atoms with Gasteiger partial charge in [-0.25, -0.2) is 0 Å². The van der Waals surface area contributed by atoms with Gasteiger partial charge in [-0.05, 0) is 44.0 Å². The maximum atomic E-state index is 10.4. The number of nitrogens with zero attached hydrogens (tertiary/aromatic N) is 1. The van der Waals surface area contributed by atoms with Crippen LogP contribution in [0, 0.1) is 30.9 Å². The highest BCUT2D eigenvalue weighted by Crippen LogP contribution is 2.18. The summed E-state index contributed by atoms with van der Waals surface area (Å²) in [5, 5.41) is 10.4. The molecule has 0 aliphatic heterocycles. The fraction of sp³-hybridized carbons (Fsp3) is 0.286. The molecule has 0 fully saturated rings. The third-order valence-electron chi connectivity index (χ3n) is 2.63. The number of hydrogen-bond acceptors (Lipinski definition) is 2. The monoisotopic (exact) mass is 231 g/mol. The van der Waals surface area contributed by atoms with Crippen LogP contribution in [0.25, 0.3) is 6.08 Å². The second kappa shape index (κ2) is 5.43. The highest BCUT2D eigenvalue weighted by molar-refractivity contribution is 5.58. The van der Waals surface area contributed by atoms with E-state index in [9.17, 15) is 10.1 Å². The lowest BCUT2D eigenvalue weighted by molar-refractivity contribution is -0.426. The normalized spacial score (nSPS) is 10.8. The number of benzene rings is 1. The molecule has 90 valence electrons. The number of nitro groups is 1. The van der Waals surface area contributed by atoms with Crippen molar-refractivity contribution < 1.29 is 4.92 Å². The summed E-state index contributed by atoms with van der Waals surface area (Å²) < 4.78 is 0. The van der Waals surface area contributed by atoms with Gasteiger partial charge in [0.1, 0.15) is 0 Å². The molecule has 0 unspecified atom stereocenters. The molecular formula is C14H17NO2. The molecule has 0 aromatic heterocycles. The molecule has 0 radical (unpaired) electrons. The van der Waals surface area contributed by atoms with Crippen molar-refractivity contribution in [3.8, 4) is 0 Å². The van der Waals surface area contributed by atoms with Gasteiger partial charge in [-0.3, -0.25) is 10.1 Å². The highest BCUT2D eigenvalue weighted by atomic mass is 16.6. The number of aryl methyl sites for hydroxylation is 3. The van der Waals surface area contributed by atoms with Gasteiger partial charge in [-0.15, -0.1) is 0 Å². The van der Waals surface area contributed by atoms with Gasteiger partial charge in [0, 0.05) is 0 Å². The fourth-order valence-electron chi connectivity index (χ4n) is 1.84. The topological polar surface area (TPSA) is 43.1 Å². The first kappa shape index (κ1) is 13.2. The van der Waals surface area contributed by atoms with Crippen LogP contribution >= 0.6 is 0 Å². The van der Waals surface area contributed by atoms with E-state index in [1.807, 2.05) is 19.9 Å². The van der Waals surface area contributed by atoms with Crippen molar-refractivity contribution in [2.75, 3.05) is 0 Å². The van der Waals surface area contributed by atoms with E-state index in [0.717, 1.165) is 5.56 Å². The standard InChI is InChI=1S/C14H17NO2/c1-10-8-11(2)14(12(3)9-10)7-5-6-13(4)15(16)17/h5,7-9H,4,6H2,1-3H3/b7-5+. The summed E-state index contributed by atoms with van der Waals surface area (Å²) in [6, 6.07) is 4.21. The summed E-state index contributed by atoms with van der Waals surface area (Å²) in [6.45, 7) is 9.54. The van der Waals surface area contributed by atoms with Crippen LogP contribution in [-0.2, 0) is 0 Å². The Balaban J connectivity index is 2.85. The van der Waals surface area contributed by atoms with E-state index < -0.39 is 4.92 Å². The molecule has 0 atom stereocenters. The Labute approximate surface area is 102 Å². The Bertz CT molecular complexity index is 464. The summed E-state index contributed by atoms with van der Waals surface area (Å²) in [6.07, 6.45) is 3.99. The first-order valence-electron chi connectivity index (χ1n) is 5.48. The molecule has 1 rings (SSSR count). The predicted octanol–water partition coefficient (Wildman–Crippen LogP) is 3.81. The van der Waals surface area contributed by atoms with Gasteiger partial charge in [0.05, 0.1) is 11.3 Å². The lowest BCUT2D eigenvalue weighted by Crippen LogP contribution is -1.94. The van der Waals surface area contributed by atoms with E-state index in [1.165, 1.54) is 16.7 Å². The van der Waals surface area contributed by atoms with E-state index in [-0.39, 0.29) is 12.1 Å². The van der Waals surface area contributed by atoms with Crippen molar-refractivity contribution in [1.29, 1.82) is 0 Å². The molecule has 1 aromatic carbocycles. The maximum Gasteiger partial charge on any atom is 0.242 e. The van der Waals surface area contributed by atoms with Crippen molar-refractivity contribution in [1.82, 2.24) is 0 Å². The van der Waals surface area contributed by atoms with Gasteiger partial charge in [0.25, 0.3) is 0 Å². The minimum atomic E-state index is -0.445. The molecule has 0 heterocycles. The van der Waals surface area contributed by atoms with Crippen molar-refractivity contribution in [3.63, 3.8) is 0 Å². The molecule has 0 bridgehead atoms. The Morgan fingerprint density at radius 1 is 1.35 bits per heavy atom. The molecule has 0 aliphatic rings. The van der Waals surface area contributed by atoms with Crippen LogP contribution in [0.15, 0.2) is 30.5 Å². The SMILES string of the molecule is C=C(C/C=C/c1c(C)cc(C)cc1C)[N+](=O)[O-]. The van der Waals surface area contributed by atoms with E-state index in [1.54, 1.807) is 6.08 Å². The third kappa shape index (κ3) is 3.55. The van der Waals surface area contributed by atoms with Crippen molar-refractivity contribution in [2.45, 2.75) is 27.2 Å². The van der Waals surface area contributed by atoms with Crippen LogP contribution in [0.1, 0.15) is 28.7 Å². The zero-order valence-electron chi connectivity index (χ0n) is 10.5. The molecule has 0 amide bonds. The molecule has 3 heteroatoms. The molecule has 0 aliphatic carbocycles. The van der Waals surface area contributed by atoms with Crippen LogP contribution in [0.5, 0.6) is 0 Å². The molecule has 1 aromatic rings. The Hall–Kier alpha value is -1.90. The number of rotatable bonds is 4. The average Bonchev–Trinajstić information content (AvgIpc) is 2.21. The van der Waals surface area contributed by atoms with Gasteiger partial charge in [0.2, 0.25) is 5.70 Å². The van der Waals surface area contributed by atoms with Crippen LogP contribution in [0.3, 0.4) is 0 Å². The number of allylic oxidation sites excluding steroid dienone is 1. The van der Waals surface area contributed by atoms with E-state index in [4.69, 9.17) is 0 Å². The Kier molecular flexibility index (Phi) is 4.21. The maximum absolute atomic E-state index is 10.4. The second-order valence-corrected chi connectivity index (χ2v) is 4.24. The van der Waals surface area contributed by atoms with Gasteiger partial charge in [0.15, 0.2) is 0 Å². The van der Waals surface area contributed by atoms with Gasteiger partial charge >= 0.3 is 0 Å². The van der Waals surface area contributed by atoms with Crippen molar-refractivity contribution >= 4 is 6.08 Å². The van der Waals surface area contributed by atoms with Gasteiger partial charge in [-0.2, -0.15) is 0 Å². The van der Waals surface area contributed by atoms with Gasteiger partial charge < -0.3 is 0 Å².